The zero-order valence-corrected chi connectivity index (χ0v) is 11.2. The molecule has 0 saturated carbocycles. The maximum atomic E-state index is 12.1. The van der Waals surface area contributed by atoms with Crippen molar-refractivity contribution in [2.75, 3.05) is 5.32 Å². The van der Waals surface area contributed by atoms with Gasteiger partial charge >= 0.3 is 0 Å². The van der Waals surface area contributed by atoms with Gasteiger partial charge in [0.2, 0.25) is 0 Å². The Hall–Kier alpha value is -3.01. The van der Waals surface area contributed by atoms with E-state index in [2.05, 4.69) is 5.32 Å². The molecule has 1 heterocycles. The van der Waals surface area contributed by atoms with Crippen LogP contribution in [0.15, 0.2) is 73.1 Å². The number of benzene rings is 2. The average molecular weight is 278 g/mol. The number of carbonyl (C=O) groups is 1. The lowest BCUT2D eigenvalue weighted by molar-refractivity contribution is 0.102. The van der Waals surface area contributed by atoms with Gasteiger partial charge in [-0.15, -0.1) is 0 Å². The number of aromatic hydroxyl groups is 1. The second kappa shape index (κ2) is 5.54. The van der Waals surface area contributed by atoms with Gasteiger partial charge in [0.25, 0.3) is 5.91 Å². The molecule has 1 amide bonds. The third-order valence-corrected chi connectivity index (χ3v) is 3.14. The van der Waals surface area contributed by atoms with Crippen molar-refractivity contribution in [2.24, 2.45) is 0 Å². The number of phenolic OH excluding ortho intramolecular Hbond substituents is 1. The molecule has 0 bridgehead atoms. The minimum absolute atomic E-state index is 0.140. The van der Waals surface area contributed by atoms with Gasteiger partial charge in [-0.2, -0.15) is 0 Å². The number of carbonyl (C=O) groups excluding carboxylic acids is 1. The first-order valence-corrected chi connectivity index (χ1v) is 6.56. The van der Waals surface area contributed by atoms with E-state index in [4.69, 9.17) is 0 Å². The van der Waals surface area contributed by atoms with Crippen molar-refractivity contribution >= 4 is 11.6 Å². The zero-order valence-electron chi connectivity index (χ0n) is 11.2. The van der Waals surface area contributed by atoms with E-state index in [1.54, 1.807) is 12.1 Å². The van der Waals surface area contributed by atoms with E-state index in [0.717, 1.165) is 11.4 Å². The Labute approximate surface area is 122 Å². The molecule has 0 aliphatic carbocycles. The maximum Gasteiger partial charge on any atom is 0.255 e. The molecule has 4 heteroatoms. The normalized spacial score (nSPS) is 10.3. The summed E-state index contributed by atoms with van der Waals surface area (Å²) in [5, 5.41) is 12.1. The van der Waals surface area contributed by atoms with Crippen molar-refractivity contribution in [1.29, 1.82) is 0 Å². The van der Waals surface area contributed by atoms with Gasteiger partial charge in [-0.1, -0.05) is 6.07 Å². The summed E-state index contributed by atoms with van der Waals surface area (Å²) in [5.74, 6) is -0.0687. The van der Waals surface area contributed by atoms with Gasteiger partial charge in [0.15, 0.2) is 0 Å². The molecule has 3 aromatic rings. The van der Waals surface area contributed by atoms with E-state index in [0.29, 0.717) is 5.56 Å². The number of hydrogen-bond donors (Lipinski definition) is 2. The Morgan fingerprint density at radius 3 is 2.38 bits per heavy atom. The van der Waals surface area contributed by atoms with Crippen LogP contribution in [-0.4, -0.2) is 15.6 Å². The average Bonchev–Trinajstić information content (AvgIpc) is 3.02. The lowest BCUT2D eigenvalue weighted by Crippen LogP contribution is -2.11. The van der Waals surface area contributed by atoms with Crippen LogP contribution in [0, 0.1) is 0 Å². The second-order valence-corrected chi connectivity index (χ2v) is 4.64. The van der Waals surface area contributed by atoms with Gasteiger partial charge in [0.1, 0.15) is 5.75 Å². The van der Waals surface area contributed by atoms with Crippen molar-refractivity contribution in [3.63, 3.8) is 0 Å². The first-order chi connectivity index (χ1) is 10.2. The first kappa shape index (κ1) is 13.0. The van der Waals surface area contributed by atoms with Gasteiger partial charge in [0, 0.05) is 29.3 Å². The predicted molar refractivity (Wildman–Crippen MR) is 81.8 cm³/mol. The summed E-state index contributed by atoms with van der Waals surface area (Å²) in [6.45, 7) is 0. The van der Waals surface area contributed by atoms with Crippen molar-refractivity contribution < 1.29 is 9.90 Å². The van der Waals surface area contributed by atoms with Gasteiger partial charge in [-0.3, -0.25) is 4.79 Å². The predicted octanol–water partition coefficient (Wildman–Crippen LogP) is 3.44. The minimum Gasteiger partial charge on any atom is -0.508 e. The molecule has 0 spiro atoms. The standard InChI is InChI=1S/C17H14N2O2/c20-16-8-6-13(7-9-16)17(21)18-14-4-3-5-15(12-14)19-10-1-2-11-19/h1-12,20H,(H,18,21). The van der Waals surface area contributed by atoms with E-state index in [9.17, 15) is 9.90 Å². The van der Waals surface area contributed by atoms with Crippen LogP contribution in [0.3, 0.4) is 0 Å². The topological polar surface area (TPSA) is 54.3 Å². The first-order valence-electron chi connectivity index (χ1n) is 6.56. The fraction of sp³-hybridized carbons (Fsp3) is 0. The summed E-state index contributed by atoms with van der Waals surface area (Å²) in [6, 6.07) is 17.6. The monoisotopic (exact) mass is 278 g/mol. The summed E-state index contributed by atoms with van der Waals surface area (Å²) in [4.78, 5) is 12.1. The molecule has 2 aromatic carbocycles. The van der Waals surface area contributed by atoms with Crippen LogP contribution < -0.4 is 5.32 Å². The summed E-state index contributed by atoms with van der Waals surface area (Å²) in [5.41, 5.74) is 2.20. The Kier molecular flexibility index (Phi) is 3.43. The number of nitrogens with zero attached hydrogens (tertiary/aromatic N) is 1. The summed E-state index contributed by atoms with van der Waals surface area (Å²) >= 11 is 0. The minimum atomic E-state index is -0.209. The number of nitrogens with one attached hydrogen (secondary N) is 1. The van der Waals surface area contributed by atoms with Crippen LogP contribution in [0.1, 0.15) is 10.4 Å². The molecule has 1 aromatic heterocycles. The van der Waals surface area contributed by atoms with E-state index in [1.165, 1.54) is 12.1 Å². The number of anilines is 1. The third-order valence-electron chi connectivity index (χ3n) is 3.14. The van der Waals surface area contributed by atoms with Crippen molar-refractivity contribution in [1.82, 2.24) is 4.57 Å². The van der Waals surface area contributed by atoms with Gasteiger partial charge in [-0.25, -0.2) is 0 Å². The molecular formula is C17H14N2O2. The molecule has 0 aliphatic heterocycles. The van der Waals surface area contributed by atoms with Gasteiger partial charge in [-0.05, 0) is 54.6 Å². The Morgan fingerprint density at radius 2 is 1.67 bits per heavy atom. The number of hydrogen-bond acceptors (Lipinski definition) is 2. The number of phenols is 1. The zero-order chi connectivity index (χ0) is 14.7. The molecule has 3 rings (SSSR count). The van der Waals surface area contributed by atoms with Crippen molar-refractivity contribution in [3.8, 4) is 11.4 Å². The molecule has 0 radical (unpaired) electrons. The molecule has 0 aliphatic rings. The molecule has 0 unspecified atom stereocenters. The molecule has 2 N–H and O–H groups in total. The largest absolute Gasteiger partial charge is 0.508 e. The number of rotatable bonds is 3. The quantitative estimate of drug-likeness (QED) is 0.771. The fourth-order valence-corrected chi connectivity index (χ4v) is 2.07. The summed E-state index contributed by atoms with van der Waals surface area (Å²) < 4.78 is 1.97. The molecular weight excluding hydrogens is 264 g/mol. The highest BCUT2D eigenvalue weighted by Crippen LogP contribution is 2.16. The highest BCUT2D eigenvalue weighted by molar-refractivity contribution is 6.04. The van der Waals surface area contributed by atoms with E-state index in [-0.39, 0.29) is 11.7 Å². The van der Waals surface area contributed by atoms with Crippen LogP contribution in [0.25, 0.3) is 5.69 Å². The summed E-state index contributed by atoms with van der Waals surface area (Å²) in [7, 11) is 0. The second-order valence-electron chi connectivity index (χ2n) is 4.64. The Bertz CT molecular complexity index is 747. The Balaban J connectivity index is 1.80. The highest BCUT2D eigenvalue weighted by atomic mass is 16.3. The molecule has 21 heavy (non-hydrogen) atoms. The number of aromatic nitrogens is 1. The molecule has 4 nitrogen and oxygen atoms in total. The third kappa shape index (κ3) is 2.95. The van der Waals surface area contributed by atoms with E-state index >= 15 is 0 Å². The maximum absolute atomic E-state index is 12.1. The number of amides is 1. The highest BCUT2D eigenvalue weighted by Gasteiger charge is 2.06. The molecule has 0 fully saturated rings. The van der Waals surface area contributed by atoms with Crippen molar-refractivity contribution in [3.05, 3.63) is 78.6 Å². The van der Waals surface area contributed by atoms with Crippen molar-refractivity contribution in [2.45, 2.75) is 0 Å². The van der Waals surface area contributed by atoms with Crippen LogP contribution >= 0.6 is 0 Å². The SMILES string of the molecule is O=C(Nc1cccc(-n2cccc2)c1)c1ccc(O)cc1. The lowest BCUT2D eigenvalue weighted by Gasteiger charge is -2.08. The van der Waals surface area contributed by atoms with Crippen LogP contribution in [0.4, 0.5) is 5.69 Å². The van der Waals surface area contributed by atoms with Crippen LogP contribution in [0.5, 0.6) is 5.75 Å². The van der Waals surface area contributed by atoms with E-state index < -0.39 is 0 Å². The molecule has 0 saturated heterocycles. The smallest absolute Gasteiger partial charge is 0.255 e. The van der Waals surface area contributed by atoms with Gasteiger partial charge in [0.05, 0.1) is 0 Å². The molecule has 104 valence electrons. The summed E-state index contributed by atoms with van der Waals surface area (Å²) in [6.07, 6.45) is 3.89. The fourth-order valence-electron chi connectivity index (χ4n) is 2.07. The Morgan fingerprint density at radius 1 is 0.952 bits per heavy atom. The van der Waals surface area contributed by atoms with E-state index in [1.807, 2.05) is 53.4 Å². The van der Waals surface area contributed by atoms with Gasteiger partial charge < -0.3 is 15.0 Å². The lowest BCUT2D eigenvalue weighted by atomic mass is 10.2. The van der Waals surface area contributed by atoms with Crippen LogP contribution in [-0.2, 0) is 0 Å². The van der Waals surface area contributed by atoms with Crippen LogP contribution in [0.2, 0.25) is 0 Å². The molecule has 0 atom stereocenters.